The second-order valence-electron chi connectivity index (χ2n) is 12.8. The van der Waals surface area contributed by atoms with Crippen molar-refractivity contribution in [2.75, 3.05) is 4.90 Å². The third-order valence-electron chi connectivity index (χ3n) is 9.31. The van der Waals surface area contributed by atoms with Crippen molar-refractivity contribution in [2.45, 2.75) is 12.8 Å². The lowest BCUT2D eigenvalue weighted by Crippen LogP contribution is -2.17. The van der Waals surface area contributed by atoms with Gasteiger partial charge >= 0.3 is 11.9 Å². The van der Waals surface area contributed by atoms with Crippen LogP contribution in [0.5, 0.6) is 0 Å². The lowest BCUT2D eigenvalue weighted by molar-refractivity contribution is 0.0686. The molecule has 0 radical (unpaired) electrons. The standard InChI is InChI=1S/C49H31N7O4/c1-55-44(32-54)46(34-20-26-38(27-21-34)49(59)60)40(29-51)13-9-11-36-23-22-35(47(36)56(42-14-4-2-5-15-42)43-16-6-3-7-17-43)10-8-12-39(28-50)45(41(30-52)31-53)33-18-24-37(25-19-33)48(57)58/h2-21,24-27,41H,22-23H2,(H,57,58)(H,59,60). The van der Waals surface area contributed by atoms with E-state index >= 15 is 0 Å². The molecule has 0 bridgehead atoms. The normalized spacial score (nSPS) is 14.0. The fourth-order valence-electron chi connectivity index (χ4n) is 6.53. The van der Waals surface area contributed by atoms with Gasteiger partial charge < -0.3 is 15.1 Å². The number of nitrogens with zero attached hydrogens (tertiary/aromatic N) is 7. The Kier molecular flexibility index (Phi) is 14.0. The van der Waals surface area contributed by atoms with E-state index in [1.165, 1.54) is 60.7 Å². The summed E-state index contributed by atoms with van der Waals surface area (Å²) in [7, 11) is 0. The van der Waals surface area contributed by atoms with Crippen molar-refractivity contribution in [2.24, 2.45) is 5.92 Å². The maximum Gasteiger partial charge on any atom is 0.335 e. The zero-order chi connectivity index (χ0) is 43.0. The summed E-state index contributed by atoms with van der Waals surface area (Å²) < 4.78 is 0. The predicted molar refractivity (Wildman–Crippen MR) is 225 cm³/mol. The lowest BCUT2D eigenvalue weighted by Gasteiger charge is -2.28. The highest BCUT2D eigenvalue weighted by atomic mass is 16.4. The molecular formula is C49H31N7O4. The van der Waals surface area contributed by atoms with Crippen LogP contribution in [0.1, 0.15) is 44.7 Å². The summed E-state index contributed by atoms with van der Waals surface area (Å²) >= 11 is 0. The Morgan fingerprint density at radius 1 is 0.683 bits per heavy atom. The van der Waals surface area contributed by atoms with Crippen LogP contribution >= 0.6 is 0 Å². The van der Waals surface area contributed by atoms with Gasteiger partial charge in [0.05, 0.1) is 64.9 Å². The first-order valence-corrected chi connectivity index (χ1v) is 18.1. The topological polar surface area (TPSA) is 201 Å². The molecule has 0 saturated heterocycles. The fraction of sp³-hybridized carbons (Fsp3) is 0.0612. The van der Waals surface area contributed by atoms with Gasteiger partial charge in [0.2, 0.25) is 0 Å². The second kappa shape index (κ2) is 20.1. The van der Waals surface area contributed by atoms with Crippen molar-refractivity contribution < 1.29 is 19.8 Å². The number of allylic oxidation sites excluding steroid dienone is 13. The quantitative estimate of drug-likeness (QED) is 0.0746. The van der Waals surface area contributed by atoms with Crippen LogP contribution in [0.2, 0.25) is 0 Å². The molecule has 5 rings (SSSR count). The molecule has 4 aromatic rings. The molecule has 0 atom stereocenters. The highest BCUT2D eigenvalue weighted by molar-refractivity contribution is 5.92. The molecule has 0 unspecified atom stereocenters. The average molecular weight is 782 g/mol. The highest BCUT2D eigenvalue weighted by Crippen LogP contribution is 2.42. The molecule has 1 aliphatic rings. The molecule has 0 spiro atoms. The van der Waals surface area contributed by atoms with E-state index in [-0.39, 0.29) is 39.1 Å². The Morgan fingerprint density at radius 3 is 1.68 bits per heavy atom. The number of para-hydroxylation sites is 2. The van der Waals surface area contributed by atoms with Crippen molar-refractivity contribution in [3.63, 3.8) is 0 Å². The van der Waals surface area contributed by atoms with Crippen molar-refractivity contribution in [3.8, 4) is 30.3 Å². The summed E-state index contributed by atoms with van der Waals surface area (Å²) in [5, 5.41) is 68.8. The summed E-state index contributed by atoms with van der Waals surface area (Å²) in [5.41, 5.74) is 4.83. The summed E-state index contributed by atoms with van der Waals surface area (Å²) in [6.07, 6.45) is 11.1. The van der Waals surface area contributed by atoms with Gasteiger partial charge in [0.1, 0.15) is 0 Å². The van der Waals surface area contributed by atoms with Gasteiger partial charge in [-0.05, 0) is 95.8 Å². The van der Waals surface area contributed by atoms with Crippen molar-refractivity contribution in [3.05, 3.63) is 213 Å². The van der Waals surface area contributed by atoms with Gasteiger partial charge in [0, 0.05) is 22.5 Å². The Labute approximate surface area is 346 Å². The van der Waals surface area contributed by atoms with E-state index in [0.717, 1.165) is 28.2 Å². The van der Waals surface area contributed by atoms with E-state index < -0.39 is 17.9 Å². The van der Waals surface area contributed by atoms with E-state index in [4.69, 9.17) is 6.57 Å². The van der Waals surface area contributed by atoms with E-state index in [1.807, 2.05) is 91.0 Å². The van der Waals surface area contributed by atoms with Gasteiger partial charge in [-0.2, -0.15) is 21.0 Å². The molecule has 0 aliphatic heterocycles. The first kappa shape index (κ1) is 41.9. The number of carbonyl (C=O) groups is 2. The zero-order valence-electron chi connectivity index (χ0n) is 31.7. The summed E-state index contributed by atoms with van der Waals surface area (Å²) in [5.74, 6) is -3.61. The van der Waals surface area contributed by atoms with E-state index in [2.05, 4.69) is 21.9 Å². The number of benzene rings is 4. The third kappa shape index (κ3) is 9.57. The maximum absolute atomic E-state index is 11.5. The fourth-order valence-corrected chi connectivity index (χ4v) is 6.53. The van der Waals surface area contributed by atoms with Gasteiger partial charge in [-0.25, -0.2) is 19.7 Å². The number of anilines is 2. The van der Waals surface area contributed by atoms with Gasteiger partial charge in [-0.3, -0.25) is 0 Å². The van der Waals surface area contributed by atoms with Crippen LogP contribution in [0, 0.1) is 69.1 Å². The molecule has 0 aromatic heterocycles. The molecule has 0 heterocycles. The minimum atomic E-state index is -1.32. The molecule has 0 amide bonds. The maximum atomic E-state index is 11.5. The smallest absolute Gasteiger partial charge is 0.335 e. The Balaban J connectivity index is 1.68. The second-order valence-corrected chi connectivity index (χ2v) is 12.8. The minimum absolute atomic E-state index is 0.00343. The summed E-state index contributed by atoms with van der Waals surface area (Å²) in [4.78, 5) is 28.4. The van der Waals surface area contributed by atoms with Crippen LogP contribution in [0.4, 0.5) is 11.4 Å². The minimum Gasteiger partial charge on any atom is -0.478 e. The van der Waals surface area contributed by atoms with Crippen LogP contribution in [0.15, 0.2) is 179 Å². The van der Waals surface area contributed by atoms with Crippen molar-refractivity contribution >= 4 is 34.5 Å². The first-order valence-electron chi connectivity index (χ1n) is 18.1. The largest absolute Gasteiger partial charge is 0.478 e. The number of carboxylic acids is 2. The molecule has 286 valence electrons. The van der Waals surface area contributed by atoms with E-state index in [1.54, 1.807) is 12.2 Å². The van der Waals surface area contributed by atoms with Crippen LogP contribution in [0.25, 0.3) is 16.0 Å². The number of carboxylic acid groups (broad SMARTS) is 2. The zero-order valence-corrected chi connectivity index (χ0v) is 31.7. The monoisotopic (exact) mass is 781 g/mol. The molecular weight excluding hydrogens is 751 g/mol. The molecule has 11 heteroatoms. The Morgan fingerprint density at radius 2 is 1.22 bits per heavy atom. The average Bonchev–Trinajstić information content (AvgIpc) is 3.67. The third-order valence-corrected chi connectivity index (χ3v) is 9.31. The predicted octanol–water partition coefficient (Wildman–Crippen LogP) is 10.3. The van der Waals surface area contributed by atoms with Crippen LogP contribution < -0.4 is 4.90 Å². The van der Waals surface area contributed by atoms with E-state index in [0.29, 0.717) is 24.0 Å². The van der Waals surface area contributed by atoms with Crippen molar-refractivity contribution in [1.29, 1.82) is 26.3 Å². The molecule has 1 aliphatic carbocycles. The number of hydrogen-bond acceptors (Lipinski definition) is 8. The molecule has 11 nitrogen and oxygen atoms in total. The summed E-state index contributed by atoms with van der Waals surface area (Å²) in [6, 6.07) is 40.4. The van der Waals surface area contributed by atoms with Gasteiger partial charge in [-0.1, -0.05) is 85.0 Å². The lowest BCUT2D eigenvalue weighted by atomic mass is 9.89. The molecule has 0 saturated carbocycles. The molecule has 2 N–H and O–H groups in total. The molecule has 0 fully saturated rings. The first-order chi connectivity index (χ1) is 29.2. The van der Waals surface area contributed by atoms with Gasteiger partial charge in [0.25, 0.3) is 5.70 Å². The Bertz CT molecular complexity index is 2730. The molecule has 60 heavy (non-hydrogen) atoms. The van der Waals surface area contributed by atoms with E-state index in [9.17, 15) is 46.1 Å². The SMILES string of the molecule is [C-]#[N+]C(C#N)=C(C(C#N)=CC=CC1=C(N(c2ccccc2)c2ccccc2)C(=CC=CC(C#N)=C(c2ccc(C(=O)O)cc2)C(C#N)C#N)CC1)c1ccc(C(=O)O)cc1. The highest BCUT2D eigenvalue weighted by Gasteiger charge is 2.26. The number of aromatic carboxylic acids is 2. The number of nitriles is 5. The summed E-state index contributed by atoms with van der Waals surface area (Å²) in [6.45, 7) is 7.62. The van der Waals surface area contributed by atoms with Gasteiger partial charge in [-0.15, -0.1) is 0 Å². The van der Waals surface area contributed by atoms with Crippen molar-refractivity contribution in [1.82, 2.24) is 0 Å². The van der Waals surface area contributed by atoms with Crippen LogP contribution in [-0.4, -0.2) is 22.2 Å². The van der Waals surface area contributed by atoms with Gasteiger partial charge in [0.15, 0.2) is 5.92 Å². The van der Waals surface area contributed by atoms with Crippen LogP contribution in [-0.2, 0) is 0 Å². The Hall–Kier alpha value is -9.26. The molecule has 4 aromatic carbocycles. The number of rotatable bonds is 13. The number of hydrogen-bond donors (Lipinski definition) is 2. The van der Waals surface area contributed by atoms with Crippen LogP contribution in [0.3, 0.4) is 0 Å².